The van der Waals surface area contributed by atoms with Crippen LogP contribution < -0.4 is 0 Å². The molecule has 2 fully saturated rings. The minimum atomic E-state index is -0.175. The normalized spacial score (nSPS) is 40.7. The number of rotatable bonds is 1. The Kier molecular flexibility index (Phi) is 1.91. The summed E-state index contributed by atoms with van der Waals surface area (Å²) in [5, 5.41) is 7.80. The van der Waals surface area contributed by atoms with Crippen molar-refractivity contribution in [1.82, 2.24) is 15.1 Å². The first kappa shape index (κ1) is 9.12. The van der Waals surface area contributed by atoms with Gasteiger partial charge in [0.1, 0.15) is 6.04 Å². The van der Waals surface area contributed by atoms with Gasteiger partial charge in [-0.25, -0.2) is 0 Å². The lowest BCUT2D eigenvalue weighted by Crippen LogP contribution is -2.22. The molecule has 1 aromatic rings. The van der Waals surface area contributed by atoms with Gasteiger partial charge < -0.3 is 4.42 Å². The molecule has 3 rings (SSSR count). The van der Waals surface area contributed by atoms with Crippen LogP contribution in [-0.4, -0.2) is 33.1 Å². The van der Waals surface area contributed by atoms with Crippen LogP contribution in [0.3, 0.4) is 0 Å². The summed E-state index contributed by atoms with van der Waals surface area (Å²) < 4.78 is 5.38. The van der Waals surface area contributed by atoms with Gasteiger partial charge in [-0.1, -0.05) is 0 Å². The second kappa shape index (κ2) is 2.93. The fraction of sp³-hybridized carbons (Fsp3) is 0.750. The summed E-state index contributed by atoms with van der Waals surface area (Å²) in [6.45, 7) is 2.07. The van der Waals surface area contributed by atoms with Crippen molar-refractivity contribution in [2.75, 3.05) is 13.1 Å². The van der Waals surface area contributed by atoms with Gasteiger partial charge in [0.05, 0.1) is 4.87 Å². The molecule has 6 heteroatoms. The summed E-state index contributed by atoms with van der Waals surface area (Å²) in [4.78, 5) is 2.57. The first-order valence-electron chi connectivity index (χ1n) is 4.61. The SMILES string of the molecule is ClC12CCN(CC1)C2c1nnc(Br)o1. The monoisotopic (exact) mass is 277 g/mol. The molecule has 1 aromatic heterocycles. The van der Waals surface area contributed by atoms with E-state index in [1.54, 1.807) is 0 Å². The standard InChI is InChI=1S/C8H9BrClN3O/c9-7-12-11-6(14-7)5-8(10)1-3-13(5)4-2-8/h5H,1-4H2. The number of piperidine rings is 1. The molecule has 0 amide bonds. The molecule has 0 aliphatic carbocycles. The highest BCUT2D eigenvalue weighted by molar-refractivity contribution is 9.10. The van der Waals surface area contributed by atoms with Gasteiger partial charge >= 0.3 is 0 Å². The van der Waals surface area contributed by atoms with E-state index in [1.165, 1.54) is 0 Å². The molecule has 0 saturated carbocycles. The second-order valence-electron chi connectivity index (χ2n) is 3.87. The summed E-state index contributed by atoms with van der Waals surface area (Å²) in [6, 6.07) is 0.114. The second-order valence-corrected chi connectivity index (χ2v) is 5.30. The van der Waals surface area contributed by atoms with E-state index in [1.807, 2.05) is 0 Å². The Balaban J connectivity index is 1.99. The average molecular weight is 279 g/mol. The summed E-state index contributed by atoms with van der Waals surface area (Å²) in [5.41, 5.74) is 0. The van der Waals surface area contributed by atoms with Gasteiger partial charge in [0.25, 0.3) is 4.80 Å². The maximum atomic E-state index is 6.52. The highest BCUT2D eigenvalue weighted by Crippen LogP contribution is 2.52. The number of halogens is 2. The van der Waals surface area contributed by atoms with Crippen LogP contribution in [-0.2, 0) is 0 Å². The van der Waals surface area contributed by atoms with Crippen LogP contribution in [0, 0.1) is 0 Å². The largest absolute Gasteiger partial charge is 0.414 e. The molecule has 76 valence electrons. The van der Waals surface area contributed by atoms with Crippen LogP contribution in [0.5, 0.6) is 0 Å². The van der Waals surface area contributed by atoms with Gasteiger partial charge in [0.15, 0.2) is 0 Å². The molecule has 2 saturated heterocycles. The van der Waals surface area contributed by atoms with E-state index in [0.29, 0.717) is 10.7 Å². The molecular formula is C8H9BrClN3O. The summed E-state index contributed by atoms with van der Waals surface area (Å²) in [5.74, 6) is 0.641. The van der Waals surface area contributed by atoms with Gasteiger partial charge in [-0.05, 0) is 12.8 Å². The average Bonchev–Trinajstić information content (AvgIpc) is 2.76. The number of alkyl halides is 1. The zero-order chi connectivity index (χ0) is 9.76. The highest BCUT2D eigenvalue weighted by Gasteiger charge is 2.54. The van der Waals surface area contributed by atoms with Crippen LogP contribution in [0.15, 0.2) is 9.22 Å². The lowest BCUT2D eigenvalue weighted by molar-refractivity contribution is 0.262. The molecule has 0 radical (unpaired) electrons. The van der Waals surface area contributed by atoms with Gasteiger partial charge in [0.2, 0.25) is 5.89 Å². The summed E-state index contributed by atoms with van der Waals surface area (Å²) >= 11 is 9.68. The number of fused-ring (bicyclic) bond motifs is 2. The Morgan fingerprint density at radius 1 is 1.43 bits per heavy atom. The maximum absolute atomic E-state index is 6.52. The van der Waals surface area contributed by atoms with Crippen molar-refractivity contribution >= 4 is 27.5 Å². The van der Waals surface area contributed by atoms with Crippen molar-refractivity contribution in [3.05, 3.63) is 10.7 Å². The molecular weight excluding hydrogens is 269 g/mol. The van der Waals surface area contributed by atoms with E-state index in [0.717, 1.165) is 25.9 Å². The molecule has 2 bridgehead atoms. The molecule has 2 aliphatic rings. The zero-order valence-electron chi connectivity index (χ0n) is 7.41. The van der Waals surface area contributed by atoms with Crippen LogP contribution in [0.1, 0.15) is 24.8 Å². The minimum absolute atomic E-state index is 0.114. The minimum Gasteiger partial charge on any atom is -0.414 e. The zero-order valence-corrected chi connectivity index (χ0v) is 9.75. The number of aromatic nitrogens is 2. The van der Waals surface area contributed by atoms with Gasteiger partial charge in [-0.2, -0.15) is 0 Å². The van der Waals surface area contributed by atoms with E-state index in [4.69, 9.17) is 16.0 Å². The predicted octanol–water partition coefficient (Wildman–Crippen LogP) is 1.96. The molecule has 0 aromatic carbocycles. The lowest BCUT2D eigenvalue weighted by Gasteiger charge is -2.19. The first-order valence-corrected chi connectivity index (χ1v) is 5.78. The molecule has 1 unspecified atom stereocenters. The molecule has 4 nitrogen and oxygen atoms in total. The number of nitrogens with zero attached hydrogens (tertiary/aromatic N) is 3. The molecule has 0 spiro atoms. The van der Waals surface area contributed by atoms with Crippen LogP contribution >= 0.6 is 27.5 Å². The van der Waals surface area contributed by atoms with Crippen molar-refractivity contribution in [3.63, 3.8) is 0 Å². The van der Waals surface area contributed by atoms with Crippen LogP contribution in [0.25, 0.3) is 0 Å². The molecule has 14 heavy (non-hydrogen) atoms. The van der Waals surface area contributed by atoms with Crippen LogP contribution in [0.2, 0.25) is 0 Å². The van der Waals surface area contributed by atoms with Crippen molar-refractivity contribution in [2.24, 2.45) is 0 Å². The van der Waals surface area contributed by atoms with E-state index in [-0.39, 0.29) is 10.9 Å². The first-order chi connectivity index (χ1) is 6.69. The topological polar surface area (TPSA) is 42.2 Å². The third kappa shape index (κ3) is 1.15. The Bertz CT molecular complexity index is 361. The third-order valence-corrected chi connectivity index (χ3v) is 4.04. The molecule has 0 N–H and O–H groups in total. The lowest BCUT2D eigenvalue weighted by atomic mass is 9.98. The quantitative estimate of drug-likeness (QED) is 0.737. The van der Waals surface area contributed by atoms with Crippen LogP contribution in [0.4, 0.5) is 0 Å². The van der Waals surface area contributed by atoms with Gasteiger partial charge in [-0.3, -0.25) is 4.90 Å². The van der Waals surface area contributed by atoms with E-state index >= 15 is 0 Å². The summed E-state index contributed by atoms with van der Waals surface area (Å²) in [6.07, 6.45) is 2.03. The fourth-order valence-corrected chi connectivity index (χ4v) is 3.10. The Morgan fingerprint density at radius 2 is 2.14 bits per heavy atom. The number of hydrogen-bond donors (Lipinski definition) is 0. The number of hydrogen-bond acceptors (Lipinski definition) is 4. The van der Waals surface area contributed by atoms with E-state index < -0.39 is 0 Å². The Labute approximate surface area is 94.7 Å². The van der Waals surface area contributed by atoms with E-state index in [9.17, 15) is 0 Å². The van der Waals surface area contributed by atoms with Gasteiger partial charge in [-0.15, -0.1) is 21.8 Å². The summed E-state index contributed by atoms with van der Waals surface area (Å²) in [7, 11) is 0. The van der Waals surface area contributed by atoms with E-state index in [2.05, 4.69) is 31.0 Å². The Hall–Kier alpha value is -0.130. The van der Waals surface area contributed by atoms with Crippen molar-refractivity contribution in [1.29, 1.82) is 0 Å². The smallest absolute Gasteiger partial charge is 0.284 e. The van der Waals surface area contributed by atoms with Crippen molar-refractivity contribution < 1.29 is 4.42 Å². The van der Waals surface area contributed by atoms with Crippen molar-refractivity contribution in [2.45, 2.75) is 23.8 Å². The highest BCUT2D eigenvalue weighted by atomic mass is 79.9. The molecule has 1 atom stereocenters. The fourth-order valence-electron chi connectivity index (χ4n) is 2.46. The molecule has 2 aliphatic heterocycles. The third-order valence-electron chi connectivity index (χ3n) is 3.13. The van der Waals surface area contributed by atoms with Gasteiger partial charge in [0, 0.05) is 29.0 Å². The van der Waals surface area contributed by atoms with Crippen molar-refractivity contribution in [3.8, 4) is 0 Å². The Morgan fingerprint density at radius 3 is 2.57 bits per heavy atom. The predicted molar refractivity (Wildman–Crippen MR) is 54.1 cm³/mol. The molecule has 3 heterocycles. The maximum Gasteiger partial charge on any atom is 0.284 e.